The van der Waals surface area contributed by atoms with E-state index in [0.29, 0.717) is 49.4 Å². The molecule has 3 saturated heterocycles. The van der Waals surface area contributed by atoms with Crippen LogP contribution in [0, 0.1) is 5.41 Å². The Morgan fingerprint density at radius 1 is 1.02 bits per heavy atom. The van der Waals surface area contributed by atoms with Crippen LogP contribution in [-0.4, -0.2) is 99.4 Å². The molecule has 5 amide bonds. The van der Waals surface area contributed by atoms with Crippen molar-refractivity contribution in [2.24, 2.45) is 0 Å². The summed E-state index contributed by atoms with van der Waals surface area (Å²) in [5.74, 6) is -2.14. The molecule has 0 saturated carbocycles. The molecule has 252 valence electrons. The Balaban J connectivity index is 0.835. The van der Waals surface area contributed by atoms with Crippen LogP contribution in [0.3, 0.4) is 0 Å². The van der Waals surface area contributed by atoms with Gasteiger partial charge in [0, 0.05) is 62.2 Å². The number of nitrogens with zero attached hydrogens (tertiary/aromatic N) is 4. The van der Waals surface area contributed by atoms with Gasteiger partial charge >= 0.3 is 0 Å². The second kappa shape index (κ2) is 13.5. The summed E-state index contributed by atoms with van der Waals surface area (Å²) in [6.45, 7) is 1.77. The monoisotopic (exact) mass is 664 g/mol. The van der Waals surface area contributed by atoms with Crippen LogP contribution in [0.15, 0.2) is 54.9 Å². The average molecular weight is 665 g/mol. The molecule has 49 heavy (non-hydrogen) atoms. The standard InChI is InChI=1S/C35H36N8O6/c36-17-20(28-19-39-26-3-1-2-4-27(26)40-28)18-38-21-10-13-42(14-11-21)35(48)30-16-23(49-30)9-12-37-22-5-6-24-25(15-22)34(47)43(33(24)46)29-7-8-31(44)41-32(29)45/h1-6,15,17-19,21,23,29-30,36-38H,7-14,16H2,(H,41,44,45)/b20-18+,36-17?/t23-,29?,30-/m0/s1. The first kappa shape index (κ1) is 32.1. The molecular weight excluding hydrogens is 628 g/mol. The first-order valence-electron chi connectivity index (χ1n) is 16.5. The minimum absolute atomic E-state index is 0.00666. The molecule has 0 bridgehead atoms. The van der Waals surface area contributed by atoms with E-state index in [1.165, 1.54) is 6.21 Å². The lowest BCUT2D eigenvalue weighted by atomic mass is 9.98. The fraction of sp³-hybridized carbons (Fsp3) is 0.371. The molecular formula is C35H36N8O6. The molecule has 3 fully saturated rings. The Kier molecular flexibility index (Phi) is 8.87. The molecule has 4 aliphatic rings. The van der Waals surface area contributed by atoms with E-state index in [-0.39, 0.29) is 42.0 Å². The van der Waals surface area contributed by atoms with Gasteiger partial charge in [-0.25, -0.2) is 4.98 Å². The van der Waals surface area contributed by atoms with Gasteiger partial charge in [-0.1, -0.05) is 12.1 Å². The van der Waals surface area contributed by atoms with Gasteiger partial charge < -0.3 is 25.7 Å². The number of para-hydroxylation sites is 2. The van der Waals surface area contributed by atoms with E-state index < -0.39 is 35.8 Å². The number of aromatic nitrogens is 2. The number of carbonyl (C=O) groups is 5. The van der Waals surface area contributed by atoms with Crippen molar-refractivity contribution in [3.8, 4) is 0 Å². The summed E-state index contributed by atoms with van der Waals surface area (Å²) < 4.78 is 5.93. The van der Waals surface area contributed by atoms with Gasteiger partial charge in [0.2, 0.25) is 11.8 Å². The normalized spacial score (nSPS) is 22.9. The number of piperidine rings is 2. The minimum atomic E-state index is -1.00. The van der Waals surface area contributed by atoms with Crippen molar-refractivity contribution in [3.63, 3.8) is 0 Å². The van der Waals surface area contributed by atoms with Crippen molar-refractivity contribution in [2.75, 3.05) is 25.0 Å². The van der Waals surface area contributed by atoms with Gasteiger partial charge in [0.15, 0.2) is 0 Å². The van der Waals surface area contributed by atoms with E-state index in [1.54, 1.807) is 30.6 Å². The van der Waals surface area contributed by atoms with Crippen LogP contribution in [0.5, 0.6) is 0 Å². The van der Waals surface area contributed by atoms with Crippen LogP contribution in [-0.2, 0) is 19.1 Å². The number of rotatable bonds is 10. The van der Waals surface area contributed by atoms with Gasteiger partial charge in [0.1, 0.15) is 12.1 Å². The van der Waals surface area contributed by atoms with Crippen molar-refractivity contribution in [2.45, 2.75) is 62.8 Å². The predicted octanol–water partition coefficient (Wildman–Crippen LogP) is 2.26. The maximum Gasteiger partial charge on any atom is 0.262 e. The van der Waals surface area contributed by atoms with Gasteiger partial charge in [0.05, 0.1) is 40.2 Å². The van der Waals surface area contributed by atoms with Crippen LogP contribution >= 0.6 is 0 Å². The van der Waals surface area contributed by atoms with Crippen molar-refractivity contribution in [1.29, 1.82) is 5.41 Å². The Hall–Kier alpha value is -5.50. The summed E-state index contributed by atoms with van der Waals surface area (Å²) >= 11 is 0. The topological polar surface area (TPSA) is 187 Å². The molecule has 0 radical (unpaired) electrons. The maximum atomic E-state index is 13.1. The molecule has 4 aliphatic heterocycles. The highest BCUT2D eigenvalue weighted by atomic mass is 16.5. The number of allylic oxidation sites excluding steroid dienone is 1. The highest BCUT2D eigenvalue weighted by Crippen LogP contribution is 2.30. The molecule has 14 nitrogen and oxygen atoms in total. The molecule has 3 aromatic rings. The van der Waals surface area contributed by atoms with Crippen molar-refractivity contribution in [1.82, 2.24) is 30.4 Å². The summed E-state index contributed by atoms with van der Waals surface area (Å²) in [5.41, 5.74) is 3.93. The molecule has 5 heterocycles. The predicted molar refractivity (Wildman–Crippen MR) is 179 cm³/mol. The second-order valence-corrected chi connectivity index (χ2v) is 12.7. The molecule has 4 N–H and O–H groups in total. The van der Waals surface area contributed by atoms with E-state index in [1.807, 2.05) is 29.2 Å². The average Bonchev–Trinajstić information content (AvgIpc) is 3.34. The lowest BCUT2D eigenvalue weighted by Gasteiger charge is -2.40. The fourth-order valence-electron chi connectivity index (χ4n) is 6.73. The SMILES string of the molecule is N=C/C(=C\NC1CCN(C(=O)[C@@H]2C[C@H](CCNc3ccc4c(c3)C(=O)N(C3CCC(=O)NC3=O)C4=O)O2)CC1)c1cnc2ccccc2n1. The number of carbonyl (C=O) groups excluding carboxylic acids is 5. The molecule has 3 atom stereocenters. The molecule has 14 heteroatoms. The van der Waals surface area contributed by atoms with Gasteiger partial charge in [0.25, 0.3) is 17.7 Å². The third-order valence-corrected chi connectivity index (χ3v) is 9.53. The number of benzene rings is 2. The molecule has 2 aromatic carbocycles. The van der Waals surface area contributed by atoms with Gasteiger partial charge in [-0.3, -0.25) is 39.2 Å². The number of anilines is 1. The molecule has 7 rings (SSSR count). The summed E-state index contributed by atoms with van der Waals surface area (Å²) in [7, 11) is 0. The fourth-order valence-corrected chi connectivity index (χ4v) is 6.73. The van der Waals surface area contributed by atoms with E-state index in [4.69, 9.17) is 10.1 Å². The Bertz CT molecular complexity index is 1880. The Labute approximate surface area is 281 Å². The zero-order valence-corrected chi connectivity index (χ0v) is 26.7. The highest BCUT2D eigenvalue weighted by Gasteiger charge is 2.45. The zero-order chi connectivity index (χ0) is 34.1. The second-order valence-electron chi connectivity index (χ2n) is 12.7. The van der Waals surface area contributed by atoms with Crippen LogP contribution in [0.4, 0.5) is 5.69 Å². The number of ether oxygens (including phenoxy) is 1. The molecule has 1 aromatic heterocycles. The number of amides is 5. The van der Waals surface area contributed by atoms with Gasteiger partial charge in [-0.2, -0.15) is 0 Å². The number of hydrogen-bond acceptors (Lipinski definition) is 11. The number of likely N-dealkylation sites (tertiary alicyclic amines) is 1. The maximum absolute atomic E-state index is 13.1. The number of hydrogen-bond donors (Lipinski definition) is 4. The molecule has 0 spiro atoms. The van der Waals surface area contributed by atoms with Crippen molar-refractivity contribution >= 4 is 58.0 Å². The lowest BCUT2D eigenvalue weighted by Crippen LogP contribution is -2.54. The van der Waals surface area contributed by atoms with Crippen molar-refractivity contribution in [3.05, 3.63) is 71.7 Å². The highest BCUT2D eigenvalue weighted by molar-refractivity contribution is 6.23. The number of fused-ring (bicyclic) bond motifs is 2. The summed E-state index contributed by atoms with van der Waals surface area (Å²) in [6.07, 6.45) is 7.23. The summed E-state index contributed by atoms with van der Waals surface area (Å²) in [4.78, 5) is 74.7. The first-order chi connectivity index (χ1) is 23.8. The lowest BCUT2D eigenvalue weighted by molar-refractivity contribution is -0.173. The number of imide groups is 2. The molecule has 0 aliphatic carbocycles. The van der Waals surface area contributed by atoms with Crippen LogP contribution in [0.25, 0.3) is 16.6 Å². The zero-order valence-electron chi connectivity index (χ0n) is 26.7. The van der Waals surface area contributed by atoms with E-state index in [9.17, 15) is 24.0 Å². The quantitative estimate of drug-likeness (QED) is 0.185. The van der Waals surface area contributed by atoms with E-state index >= 15 is 0 Å². The van der Waals surface area contributed by atoms with E-state index in [0.717, 1.165) is 28.8 Å². The summed E-state index contributed by atoms with van der Waals surface area (Å²) in [6, 6.07) is 11.7. The minimum Gasteiger partial charge on any atom is -0.387 e. The Morgan fingerprint density at radius 2 is 1.78 bits per heavy atom. The third kappa shape index (κ3) is 6.51. The van der Waals surface area contributed by atoms with Crippen LogP contribution in [0.2, 0.25) is 0 Å². The third-order valence-electron chi connectivity index (χ3n) is 9.53. The van der Waals surface area contributed by atoms with Crippen molar-refractivity contribution < 1.29 is 28.7 Å². The summed E-state index contributed by atoms with van der Waals surface area (Å²) in [5, 5.41) is 16.7. The molecule has 1 unspecified atom stereocenters. The largest absolute Gasteiger partial charge is 0.387 e. The Morgan fingerprint density at radius 3 is 2.53 bits per heavy atom. The van der Waals surface area contributed by atoms with Crippen LogP contribution < -0.4 is 16.0 Å². The number of nitrogens with one attached hydrogen (secondary N) is 4. The smallest absolute Gasteiger partial charge is 0.262 e. The van der Waals surface area contributed by atoms with E-state index in [2.05, 4.69) is 25.9 Å². The van der Waals surface area contributed by atoms with Crippen LogP contribution in [0.1, 0.15) is 64.9 Å². The first-order valence-corrected chi connectivity index (χ1v) is 16.5. The van der Waals surface area contributed by atoms with Gasteiger partial charge in [-0.05, 0) is 56.0 Å². The van der Waals surface area contributed by atoms with Gasteiger partial charge in [-0.15, -0.1) is 0 Å².